The molecule has 0 fully saturated rings. The first-order valence-corrected chi connectivity index (χ1v) is 7.07. The number of anilines is 1. The Bertz CT molecular complexity index is 353. The Morgan fingerprint density at radius 2 is 1.50 bits per heavy atom. The molecule has 0 saturated heterocycles. The van der Waals surface area contributed by atoms with E-state index in [1.54, 1.807) is 24.3 Å². The number of hydrogen-bond donors (Lipinski definition) is 1. The summed E-state index contributed by atoms with van der Waals surface area (Å²) in [6.07, 6.45) is 0. The van der Waals surface area contributed by atoms with E-state index in [-0.39, 0.29) is 12.6 Å². The van der Waals surface area contributed by atoms with Crippen LogP contribution < -0.4 is 10.5 Å². The molecule has 20 heavy (non-hydrogen) atoms. The van der Waals surface area contributed by atoms with E-state index in [2.05, 4.69) is 0 Å². The zero-order valence-corrected chi connectivity index (χ0v) is 13.8. The Hall–Kier alpha value is -1.71. The number of esters is 1. The van der Waals surface area contributed by atoms with Crippen molar-refractivity contribution in [3.63, 3.8) is 0 Å². The number of rotatable bonds is 3. The average Bonchev–Trinajstić information content (AvgIpc) is 2.41. The summed E-state index contributed by atoms with van der Waals surface area (Å²) in [6.45, 7) is 13.3. The third-order valence-corrected chi connectivity index (χ3v) is 1.66. The number of benzene rings is 1. The van der Waals surface area contributed by atoms with Crippen LogP contribution in [0.1, 0.15) is 48.5 Å². The van der Waals surface area contributed by atoms with Crippen LogP contribution in [0.5, 0.6) is 5.75 Å². The van der Waals surface area contributed by atoms with Crippen molar-refractivity contribution in [2.75, 3.05) is 12.3 Å². The van der Waals surface area contributed by atoms with Crippen molar-refractivity contribution in [2.24, 2.45) is 0 Å². The molecule has 4 nitrogen and oxygen atoms in total. The van der Waals surface area contributed by atoms with Gasteiger partial charge in [-0.05, 0) is 45.0 Å². The van der Waals surface area contributed by atoms with Crippen LogP contribution in [0.4, 0.5) is 5.69 Å². The van der Waals surface area contributed by atoms with Gasteiger partial charge in [0.2, 0.25) is 0 Å². The fourth-order valence-electron chi connectivity index (χ4n) is 1.08. The first kappa shape index (κ1) is 20.6. The van der Waals surface area contributed by atoms with Gasteiger partial charge in [-0.3, -0.25) is 0 Å². The lowest BCUT2D eigenvalue weighted by molar-refractivity contribution is -0.157. The van der Waals surface area contributed by atoms with Gasteiger partial charge < -0.3 is 15.2 Å². The molecular weight excluding hydrogens is 254 g/mol. The minimum Gasteiger partial charge on any atom is -0.482 e. The van der Waals surface area contributed by atoms with Gasteiger partial charge >= 0.3 is 5.97 Å². The largest absolute Gasteiger partial charge is 0.482 e. The second kappa shape index (κ2) is 11.1. The fraction of sp³-hybridized carbons (Fsp3) is 0.562. The van der Waals surface area contributed by atoms with Crippen LogP contribution >= 0.6 is 0 Å². The van der Waals surface area contributed by atoms with E-state index < -0.39 is 5.60 Å². The third-order valence-electron chi connectivity index (χ3n) is 1.66. The molecule has 0 atom stereocenters. The van der Waals surface area contributed by atoms with E-state index in [1.807, 2.05) is 48.5 Å². The van der Waals surface area contributed by atoms with E-state index in [9.17, 15) is 4.79 Å². The molecule has 0 heterocycles. The second-order valence-electron chi connectivity index (χ2n) is 4.44. The van der Waals surface area contributed by atoms with Gasteiger partial charge in [-0.2, -0.15) is 0 Å². The minimum atomic E-state index is -0.485. The predicted molar refractivity (Wildman–Crippen MR) is 84.9 cm³/mol. The van der Waals surface area contributed by atoms with Crippen LogP contribution in [0, 0.1) is 0 Å². The van der Waals surface area contributed by atoms with Crippen molar-refractivity contribution in [3.05, 3.63) is 24.3 Å². The number of carbonyl (C=O) groups is 1. The van der Waals surface area contributed by atoms with Crippen molar-refractivity contribution in [3.8, 4) is 5.75 Å². The topological polar surface area (TPSA) is 61.5 Å². The monoisotopic (exact) mass is 283 g/mol. The van der Waals surface area contributed by atoms with E-state index in [1.165, 1.54) is 0 Å². The number of nitrogens with two attached hydrogens (primary N) is 1. The number of hydrogen-bond acceptors (Lipinski definition) is 4. The van der Waals surface area contributed by atoms with Gasteiger partial charge in [0.25, 0.3) is 0 Å². The predicted octanol–water partition coefficient (Wildman–Crippen LogP) is 4.04. The van der Waals surface area contributed by atoms with Gasteiger partial charge in [0.1, 0.15) is 11.4 Å². The summed E-state index contributed by atoms with van der Waals surface area (Å²) in [7, 11) is 0. The average molecular weight is 283 g/mol. The molecule has 1 aromatic rings. The summed E-state index contributed by atoms with van der Waals surface area (Å²) in [4.78, 5) is 11.3. The lowest BCUT2D eigenvalue weighted by Crippen LogP contribution is -2.27. The van der Waals surface area contributed by atoms with Crippen molar-refractivity contribution < 1.29 is 14.3 Å². The smallest absolute Gasteiger partial charge is 0.344 e. The first-order chi connectivity index (χ1) is 9.37. The molecule has 0 bridgehead atoms. The van der Waals surface area contributed by atoms with E-state index >= 15 is 0 Å². The van der Waals surface area contributed by atoms with Gasteiger partial charge in [0.15, 0.2) is 6.61 Å². The molecule has 0 saturated carbocycles. The summed E-state index contributed by atoms with van der Waals surface area (Å²) < 4.78 is 10.3. The highest BCUT2D eigenvalue weighted by Crippen LogP contribution is 2.13. The van der Waals surface area contributed by atoms with Gasteiger partial charge in [-0.25, -0.2) is 4.79 Å². The number of nitrogen functional groups attached to an aromatic ring is 1. The molecule has 116 valence electrons. The lowest BCUT2D eigenvalue weighted by Gasteiger charge is -2.19. The zero-order chi connectivity index (χ0) is 16.2. The highest BCUT2D eigenvalue weighted by molar-refractivity contribution is 5.71. The summed E-state index contributed by atoms with van der Waals surface area (Å²) in [5.41, 5.74) is 5.69. The lowest BCUT2D eigenvalue weighted by atomic mass is 10.2. The Balaban J connectivity index is 0. The molecule has 0 radical (unpaired) electrons. The van der Waals surface area contributed by atoms with Gasteiger partial charge in [-0.1, -0.05) is 27.7 Å². The molecular formula is C16H29NO3. The van der Waals surface area contributed by atoms with Gasteiger partial charge in [-0.15, -0.1) is 0 Å². The third kappa shape index (κ3) is 11.4. The first-order valence-electron chi connectivity index (χ1n) is 7.07. The van der Waals surface area contributed by atoms with Crippen LogP contribution in [0.25, 0.3) is 0 Å². The fourth-order valence-corrected chi connectivity index (χ4v) is 1.08. The number of carbonyl (C=O) groups excluding carboxylic acids is 1. The second-order valence-corrected chi connectivity index (χ2v) is 4.44. The van der Waals surface area contributed by atoms with Crippen LogP contribution in [0.15, 0.2) is 24.3 Å². The maximum atomic E-state index is 11.3. The molecule has 0 amide bonds. The highest BCUT2D eigenvalue weighted by atomic mass is 16.6. The molecule has 0 aliphatic heterocycles. The van der Waals surface area contributed by atoms with Crippen molar-refractivity contribution in [2.45, 2.75) is 54.1 Å². The Morgan fingerprint density at radius 3 is 1.90 bits per heavy atom. The molecule has 1 rings (SSSR count). The summed E-state index contributed by atoms with van der Waals surface area (Å²) in [5, 5.41) is 0. The maximum Gasteiger partial charge on any atom is 0.344 e. The molecule has 4 heteroatoms. The summed E-state index contributed by atoms with van der Waals surface area (Å²) >= 11 is 0. The molecule has 0 aliphatic carbocycles. The SMILES string of the molecule is CC.CC.CC(C)(C)OC(=O)COc1ccc(N)cc1. The van der Waals surface area contributed by atoms with Crippen molar-refractivity contribution >= 4 is 11.7 Å². The number of ether oxygens (including phenoxy) is 2. The van der Waals surface area contributed by atoms with E-state index in [0.29, 0.717) is 11.4 Å². The molecule has 1 aromatic carbocycles. The Kier molecular flexibility index (Phi) is 11.5. The van der Waals surface area contributed by atoms with Crippen LogP contribution in [-0.4, -0.2) is 18.2 Å². The van der Waals surface area contributed by atoms with Crippen LogP contribution in [0.3, 0.4) is 0 Å². The van der Waals surface area contributed by atoms with E-state index in [4.69, 9.17) is 15.2 Å². The Morgan fingerprint density at radius 1 is 1.05 bits per heavy atom. The molecule has 2 N–H and O–H groups in total. The van der Waals surface area contributed by atoms with E-state index in [0.717, 1.165) is 0 Å². The van der Waals surface area contributed by atoms with Gasteiger partial charge in [0, 0.05) is 5.69 Å². The molecule has 0 unspecified atom stereocenters. The summed E-state index contributed by atoms with van der Waals surface area (Å²) in [6, 6.07) is 6.84. The zero-order valence-electron chi connectivity index (χ0n) is 13.8. The van der Waals surface area contributed by atoms with Crippen LogP contribution in [-0.2, 0) is 9.53 Å². The van der Waals surface area contributed by atoms with Crippen molar-refractivity contribution in [1.29, 1.82) is 0 Å². The van der Waals surface area contributed by atoms with Crippen molar-refractivity contribution in [1.82, 2.24) is 0 Å². The normalized spacial score (nSPS) is 9.35. The minimum absolute atomic E-state index is 0.0960. The molecule has 0 spiro atoms. The Labute approximate surface area is 123 Å². The molecule has 0 aromatic heterocycles. The molecule has 0 aliphatic rings. The maximum absolute atomic E-state index is 11.3. The van der Waals surface area contributed by atoms with Crippen LogP contribution in [0.2, 0.25) is 0 Å². The highest BCUT2D eigenvalue weighted by Gasteiger charge is 2.16. The summed E-state index contributed by atoms with van der Waals surface area (Å²) in [5.74, 6) is 0.212. The quantitative estimate of drug-likeness (QED) is 0.671. The van der Waals surface area contributed by atoms with Gasteiger partial charge in [0.05, 0.1) is 0 Å². The standard InChI is InChI=1S/C12H17NO3.2C2H6/c1-12(2,3)16-11(14)8-15-10-6-4-9(13)5-7-10;2*1-2/h4-7H,8,13H2,1-3H3;2*1-2H3.